The van der Waals surface area contributed by atoms with Gasteiger partial charge in [-0.15, -0.1) is 0 Å². The fourth-order valence-corrected chi connectivity index (χ4v) is 0.895. The van der Waals surface area contributed by atoms with Crippen molar-refractivity contribution < 1.29 is 24.6 Å². The van der Waals surface area contributed by atoms with Gasteiger partial charge in [-0.05, 0) is 5.92 Å². The average molecular weight is 188 g/mol. The Morgan fingerprint density at radius 2 is 1.62 bits per heavy atom. The van der Waals surface area contributed by atoms with Gasteiger partial charge >= 0.3 is 11.9 Å². The standard InChI is InChI=1S/C8H12O5/c1-4(2)5(7(10)11)3-6(9)8(12)13/h4-5H,3H2,1-2H3,(H,10,11)(H,12,13). The number of hydrogen-bond donors (Lipinski definition) is 2. The lowest BCUT2D eigenvalue weighted by atomic mass is 9.91. The summed E-state index contributed by atoms with van der Waals surface area (Å²) < 4.78 is 0. The monoisotopic (exact) mass is 188 g/mol. The van der Waals surface area contributed by atoms with Gasteiger partial charge in [-0.3, -0.25) is 9.59 Å². The largest absolute Gasteiger partial charge is 0.481 e. The lowest BCUT2D eigenvalue weighted by Crippen LogP contribution is -2.26. The molecule has 0 aliphatic rings. The summed E-state index contributed by atoms with van der Waals surface area (Å²) in [6, 6.07) is 0. The third-order valence-electron chi connectivity index (χ3n) is 1.77. The lowest BCUT2D eigenvalue weighted by molar-refractivity contribution is -0.152. The van der Waals surface area contributed by atoms with E-state index in [0.29, 0.717) is 0 Å². The Hall–Kier alpha value is -1.39. The molecule has 0 amide bonds. The first-order chi connectivity index (χ1) is 5.86. The van der Waals surface area contributed by atoms with Crippen LogP contribution in [0, 0.1) is 11.8 Å². The quantitative estimate of drug-likeness (QED) is 0.609. The van der Waals surface area contributed by atoms with E-state index in [4.69, 9.17) is 10.2 Å². The van der Waals surface area contributed by atoms with Crippen LogP contribution in [0.2, 0.25) is 0 Å². The number of carbonyl (C=O) groups is 3. The van der Waals surface area contributed by atoms with Gasteiger partial charge in [0.1, 0.15) is 0 Å². The fourth-order valence-electron chi connectivity index (χ4n) is 0.895. The molecule has 1 unspecified atom stereocenters. The molecule has 0 fully saturated rings. The van der Waals surface area contributed by atoms with Gasteiger partial charge < -0.3 is 10.2 Å². The third-order valence-corrected chi connectivity index (χ3v) is 1.77. The highest BCUT2D eigenvalue weighted by Gasteiger charge is 2.27. The van der Waals surface area contributed by atoms with Crippen LogP contribution in [-0.4, -0.2) is 27.9 Å². The molecule has 0 saturated carbocycles. The molecule has 0 aliphatic carbocycles. The van der Waals surface area contributed by atoms with Crippen molar-refractivity contribution in [2.24, 2.45) is 11.8 Å². The lowest BCUT2D eigenvalue weighted by Gasteiger charge is -2.13. The Bertz CT molecular complexity index is 231. The summed E-state index contributed by atoms with van der Waals surface area (Å²) >= 11 is 0. The zero-order valence-electron chi connectivity index (χ0n) is 7.48. The highest BCUT2D eigenvalue weighted by Crippen LogP contribution is 2.15. The maximum Gasteiger partial charge on any atom is 0.372 e. The topological polar surface area (TPSA) is 91.7 Å². The summed E-state index contributed by atoms with van der Waals surface area (Å²) in [4.78, 5) is 31.4. The predicted molar refractivity (Wildman–Crippen MR) is 43.2 cm³/mol. The first-order valence-corrected chi connectivity index (χ1v) is 3.85. The molecular weight excluding hydrogens is 176 g/mol. The average Bonchev–Trinajstić information content (AvgIpc) is 1.97. The molecule has 2 N–H and O–H groups in total. The van der Waals surface area contributed by atoms with Crippen LogP contribution >= 0.6 is 0 Å². The summed E-state index contributed by atoms with van der Waals surface area (Å²) in [5.41, 5.74) is 0. The zero-order valence-corrected chi connectivity index (χ0v) is 7.48. The molecule has 1 atom stereocenters. The molecule has 0 saturated heterocycles. The van der Waals surface area contributed by atoms with Gasteiger partial charge in [0.25, 0.3) is 0 Å². The summed E-state index contributed by atoms with van der Waals surface area (Å²) in [7, 11) is 0. The molecule has 0 bridgehead atoms. The Morgan fingerprint density at radius 3 is 1.85 bits per heavy atom. The van der Waals surface area contributed by atoms with E-state index in [1.54, 1.807) is 13.8 Å². The van der Waals surface area contributed by atoms with Gasteiger partial charge in [0.15, 0.2) is 0 Å². The summed E-state index contributed by atoms with van der Waals surface area (Å²) in [5.74, 6) is -4.93. The Balaban J connectivity index is 4.36. The molecule has 0 aliphatic heterocycles. The minimum Gasteiger partial charge on any atom is -0.481 e. The van der Waals surface area contributed by atoms with Crippen LogP contribution in [-0.2, 0) is 14.4 Å². The van der Waals surface area contributed by atoms with Crippen molar-refractivity contribution in [3.63, 3.8) is 0 Å². The molecule has 0 aromatic rings. The first-order valence-electron chi connectivity index (χ1n) is 3.85. The van der Waals surface area contributed by atoms with Gasteiger partial charge in [0, 0.05) is 6.42 Å². The molecule has 5 nitrogen and oxygen atoms in total. The maximum atomic E-state index is 10.7. The number of hydrogen-bond acceptors (Lipinski definition) is 3. The van der Waals surface area contributed by atoms with Crippen molar-refractivity contribution >= 4 is 17.7 Å². The first kappa shape index (κ1) is 11.6. The molecule has 0 spiro atoms. The van der Waals surface area contributed by atoms with E-state index in [9.17, 15) is 14.4 Å². The van der Waals surface area contributed by atoms with Crippen molar-refractivity contribution in [2.75, 3.05) is 0 Å². The highest BCUT2D eigenvalue weighted by atomic mass is 16.4. The maximum absolute atomic E-state index is 10.7. The van der Waals surface area contributed by atoms with E-state index in [-0.39, 0.29) is 5.92 Å². The highest BCUT2D eigenvalue weighted by molar-refractivity contribution is 6.33. The third kappa shape index (κ3) is 3.68. The number of carboxylic acid groups (broad SMARTS) is 2. The molecule has 0 heterocycles. The number of rotatable bonds is 5. The van der Waals surface area contributed by atoms with Gasteiger partial charge in [-0.1, -0.05) is 13.8 Å². The van der Waals surface area contributed by atoms with Crippen molar-refractivity contribution in [3.05, 3.63) is 0 Å². The van der Waals surface area contributed by atoms with Crippen molar-refractivity contribution in [2.45, 2.75) is 20.3 Å². The fraction of sp³-hybridized carbons (Fsp3) is 0.625. The Kier molecular flexibility index (Phi) is 4.10. The van der Waals surface area contributed by atoms with E-state index in [0.717, 1.165) is 0 Å². The molecule has 0 rings (SSSR count). The van der Waals surface area contributed by atoms with Crippen molar-refractivity contribution in [3.8, 4) is 0 Å². The second kappa shape index (κ2) is 4.59. The van der Waals surface area contributed by atoms with E-state index in [1.807, 2.05) is 0 Å². The number of aliphatic carboxylic acids is 2. The molecule has 0 aromatic heterocycles. The van der Waals surface area contributed by atoms with Crippen LogP contribution in [0.4, 0.5) is 0 Å². The van der Waals surface area contributed by atoms with Crippen LogP contribution in [0.5, 0.6) is 0 Å². The van der Waals surface area contributed by atoms with Crippen LogP contribution in [0.15, 0.2) is 0 Å². The molecule has 5 heteroatoms. The van der Waals surface area contributed by atoms with E-state index < -0.39 is 30.1 Å². The van der Waals surface area contributed by atoms with E-state index in [1.165, 1.54) is 0 Å². The summed E-state index contributed by atoms with van der Waals surface area (Å²) in [6.07, 6.45) is -0.442. The van der Waals surface area contributed by atoms with Crippen LogP contribution in [0.1, 0.15) is 20.3 Å². The second-order valence-electron chi connectivity index (χ2n) is 3.12. The van der Waals surface area contributed by atoms with E-state index >= 15 is 0 Å². The van der Waals surface area contributed by atoms with Crippen LogP contribution < -0.4 is 0 Å². The summed E-state index contributed by atoms with van der Waals surface area (Å²) in [5, 5.41) is 16.9. The van der Waals surface area contributed by atoms with Gasteiger partial charge in [0.2, 0.25) is 5.78 Å². The molecule has 0 radical (unpaired) electrons. The normalized spacial score (nSPS) is 12.5. The summed E-state index contributed by atoms with van der Waals surface area (Å²) in [6.45, 7) is 3.27. The smallest absolute Gasteiger partial charge is 0.372 e. The SMILES string of the molecule is CC(C)C(CC(=O)C(=O)O)C(=O)O. The molecule has 74 valence electrons. The Morgan fingerprint density at radius 1 is 1.15 bits per heavy atom. The number of ketones is 1. The van der Waals surface area contributed by atoms with Crippen molar-refractivity contribution in [1.82, 2.24) is 0 Å². The minimum absolute atomic E-state index is 0.249. The van der Waals surface area contributed by atoms with Crippen LogP contribution in [0.3, 0.4) is 0 Å². The molecular formula is C8H12O5. The number of Topliss-reactive ketones (excluding diaryl/α,β-unsaturated/α-hetero) is 1. The van der Waals surface area contributed by atoms with Gasteiger partial charge in [0.05, 0.1) is 5.92 Å². The molecule has 13 heavy (non-hydrogen) atoms. The number of carboxylic acids is 2. The van der Waals surface area contributed by atoms with Crippen molar-refractivity contribution in [1.29, 1.82) is 0 Å². The Labute approximate surface area is 75.4 Å². The minimum atomic E-state index is -1.58. The van der Waals surface area contributed by atoms with E-state index in [2.05, 4.69) is 0 Å². The van der Waals surface area contributed by atoms with Gasteiger partial charge in [-0.25, -0.2) is 4.79 Å². The number of carbonyl (C=O) groups excluding carboxylic acids is 1. The second-order valence-corrected chi connectivity index (χ2v) is 3.12. The van der Waals surface area contributed by atoms with Crippen LogP contribution in [0.25, 0.3) is 0 Å². The predicted octanol–water partition coefficient (Wildman–Crippen LogP) is 0.387. The van der Waals surface area contributed by atoms with Gasteiger partial charge in [-0.2, -0.15) is 0 Å². The molecule has 0 aromatic carbocycles. The zero-order chi connectivity index (χ0) is 10.6.